The van der Waals surface area contributed by atoms with E-state index in [2.05, 4.69) is 12.2 Å². The minimum absolute atomic E-state index is 0.170. The van der Waals surface area contributed by atoms with Crippen LogP contribution in [0, 0.1) is 17.6 Å². The van der Waals surface area contributed by atoms with Gasteiger partial charge in [0.2, 0.25) is 0 Å². The van der Waals surface area contributed by atoms with Crippen LogP contribution in [0.4, 0.5) is 8.78 Å². The summed E-state index contributed by atoms with van der Waals surface area (Å²) in [5.41, 5.74) is 0.408. The van der Waals surface area contributed by atoms with E-state index in [9.17, 15) is 13.9 Å². The van der Waals surface area contributed by atoms with E-state index in [0.29, 0.717) is 5.56 Å². The van der Waals surface area contributed by atoms with Crippen LogP contribution in [0.3, 0.4) is 0 Å². The summed E-state index contributed by atoms with van der Waals surface area (Å²) in [4.78, 5) is 0. The Morgan fingerprint density at radius 2 is 1.85 bits per heavy atom. The van der Waals surface area contributed by atoms with E-state index >= 15 is 0 Å². The molecule has 1 aromatic rings. The van der Waals surface area contributed by atoms with Crippen LogP contribution in [-0.4, -0.2) is 17.7 Å². The molecule has 0 aromatic heterocycles. The summed E-state index contributed by atoms with van der Waals surface area (Å²) >= 11 is 0. The fraction of sp³-hybridized carbons (Fsp3) is 0.625. The zero-order valence-corrected chi connectivity index (χ0v) is 12.5. The van der Waals surface area contributed by atoms with E-state index in [1.54, 1.807) is 0 Å². The molecule has 1 rings (SSSR count). The van der Waals surface area contributed by atoms with E-state index in [4.69, 9.17) is 0 Å². The van der Waals surface area contributed by atoms with Crippen molar-refractivity contribution in [3.63, 3.8) is 0 Å². The number of hydrogen-bond donors (Lipinski definition) is 2. The maximum atomic E-state index is 13.2. The van der Waals surface area contributed by atoms with Gasteiger partial charge in [-0.3, -0.25) is 0 Å². The lowest BCUT2D eigenvalue weighted by Crippen LogP contribution is -2.39. The molecule has 0 radical (unpaired) electrons. The van der Waals surface area contributed by atoms with Gasteiger partial charge in [0.1, 0.15) is 0 Å². The zero-order valence-electron chi connectivity index (χ0n) is 12.5. The summed E-state index contributed by atoms with van der Waals surface area (Å²) in [6.45, 7) is 6.95. The Hall–Kier alpha value is -1.00. The molecule has 20 heavy (non-hydrogen) atoms. The molecule has 0 saturated heterocycles. The van der Waals surface area contributed by atoms with Crippen molar-refractivity contribution < 1.29 is 13.9 Å². The van der Waals surface area contributed by atoms with Gasteiger partial charge >= 0.3 is 0 Å². The van der Waals surface area contributed by atoms with E-state index < -0.39 is 17.7 Å². The highest BCUT2D eigenvalue weighted by Gasteiger charge is 2.24. The first-order valence-corrected chi connectivity index (χ1v) is 7.33. The van der Waals surface area contributed by atoms with Crippen molar-refractivity contribution >= 4 is 0 Å². The van der Waals surface area contributed by atoms with Gasteiger partial charge in [0.25, 0.3) is 0 Å². The number of benzene rings is 1. The predicted octanol–water partition coefficient (Wildman–Crippen LogP) is 3.80. The van der Waals surface area contributed by atoms with Gasteiger partial charge in [-0.2, -0.15) is 0 Å². The summed E-state index contributed by atoms with van der Waals surface area (Å²) in [7, 11) is 0. The van der Waals surface area contributed by atoms with Crippen LogP contribution in [0.15, 0.2) is 18.2 Å². The summed E-state index contributed by atoms with van der Waals surface area (Å²) in [6, 6.07) is 3.40. The quantitative estimate of drug-likeness (QED) is 0.712. The van der Waals surface area contributed by atoms with Crippen LogP contribution in [0.2, 0.25) is 0 Å². The lowest BCUT2D eigenvalue weighted by Gasteiger charge is -2.28. The topological polar surface area (TPSA) is 32.3 Å². The number of aliphatic hydroxyl groups is 1. The number of aliphatic hydroxyl groups excluding tert-OH is 1. The minimum atomic E-state index is -0.921. The molecule has 0 aliphatic heterocycles. The highest BCUT2D eigenvalue weighted by molar-refractivity contribution is 5.21. The highest BCUT2D eigenvalue weighted by atomic mass is 19.2. The fourth-order valence-corrected chi connectivity index (χ4v) is 2.26. The molecule has 0 aliphatic rings. The van der Waals surface area contributed by atoms with Crippen molar-refractivity contribution in [3.8, 4) is 0 Å². The van der Waals surface area contributed by atoms with Gasteiger partial charge in [-0.05, 0) is 36.6 Å². The van der Waals surface area contributed by atoms with Crippen molar-refractivity contribution in [1.29, 1.82) is 0 Å². The van der Waals surface area contributed by atoms with Crippen molar-refractivity contribution in [2.45, 2.75) is 52.2 Å². The molecule has 114 valence electrons. The molecule has 2 atom stereocenters. The second-order valence-corrected chi connectivity index (χ2v) is 5.55. The lowest BCUT2D eigenvalue weighted by atomic mass is 9.93. The largest absolute Gasteiger partial charge is 0.387 e. The highest BCUT2D eigenvalue weighted by Crippen LogP contribution is 2.23. The van der Waals surface area contributed by atoms with Crippen molar-refractivity contribution in [1.82, 2.24) is 5.32 Å². The molecule has 4 heteroatoms. The summed E-state index contributed by atoms with van der Waals surface area (Å²) in [6.07, 6.45) is 2.48. The Morgan fingerprint density at radius 1 is 1.15 bits per heavy atom. The molecular weight excluding hydrogens is 260 g/mol. The number of unbranched alkanes of at least 4 members (excludes halogenated alkanes) is 2. The van der Waals surface area contributed by atoms with E-state index in [1.807, 2.05) is 13.8 Å². The average Bonchev–Trinajstić information content (AvgIpc) is 2.41. The molecule has 0 saturated carbocycles. The first kappa shape index (κ1) is 17.1. The van der Waals surface area contributed by atoms with Crippen molar-refractivity contribution in [2.75, 3.05) is 6.54 Å². The van der Waals surface area contributed by atoms with Crippen LogP contribution >= 0.6 is 0 Å². The van der Waals surface area contributed by atoms with Gasteiger partial charge < -0.3 is 10.4 Å². The molecule has 0 bridgehead atoms. The van der Waals surface area contributed by atoms with Gasteiger partial charge in [0.15, 0.2) is 11.6 Å². The summed E-state index contributed by atoms with van der Waals surface area (Å²) in [5.74, 6) is -1.62. The third-order valence-electron chi connectivity index (χ3n) is 3.50. The summed E-state index contributed by atoms with van der Waals surface area (Å²) in [5, 5.41) is 13.7. The maximum absolute atomic E-state index is 13.2. The fourth-order valence-electron chi connectivity index (χ4n) is 2.26. The predicted molar refractivity (Wildman–Crippen MR) is 77.5 cm³/mol. The molecule has 2 N–H and O–H groups in total. The van der Waals surface area contributed by atoms with Crippen molar-refractivity contribution in [2.24, 2.45) is 5.92 Å². The number of nitrogens with one attached hydrogen (secondary N) is 1. The third kappa shape index (κ3) is 4.84. The SMILES string of the molecule is CCCCCNC(C(C)C)C(O)c1ccc(F)c(F)c1. The number of rotatable bonds is 8. The van der Waals surface area contributed by atoms with Crippen LogP contribution in [0.25, 0.3) is 0 Å². The van der Waals surface area contributed by atoms with Crippen molar-refractivity contribution in [3.05, 3.63) is 35.4 Å². The molecule has 0 aliphatic carbocycles. The molecule has 0 heterocycles. The molecule has 0 amide bonds. The number of halogens is 2. The molecule has 0 spiro atoms. The van der Waals surface area contributed by atoms with Crippen LogP contribution < -0.4 is 5.32 Å². The second kappa shape index (κ2) is 8.32. The van der Waals surface area contributed by atoms with Crippen LogP contribution in [0.1, 0.15) is 51.7 Å². The minimum Gasteiger partial charge on any atom is -0.387 e. The first-order chi connectivity index (χ1) is 9.47. The first-order valence-electron chi connectivity index (χ1n) is 7.33. The van der Waals surface area contributed by atoms with E-state index in [-0.39, 0.29) is 12.0 Å². The molecule has 2 nitrogen and oxygen atoms in total. The second-order valence-electron chi connectivity index (χ2n) is 5.55. The third-order valence-corrected chi connectivity index (χ3v) is 3.50. The van der Waals surface area contributed by atoms with E-state index in [0.717, 1.165) is 37.9 Å². The van der Waals surface area contributed by atoms with E-state index in [1.165, 1.54) is 6.07 Å². The normalized spacial score (nSPS) is 14.6. The molecule has 1 aromatic carbocycles. The average molecular weight is 285 g/mol. The van der Waals surface area contributed by atoms with Gasteiger partial charge in [0, 0.05) is 6.04 Å². The Bertz CT molecular complexity index is 409. The Labute approximate surface area is 120 Å². The lowest BCUT2D eigenvalue weighted by molar-refractivity contribution is 0.105. The van der Waals surface area contributed by atoms with Crippen LogP contribution in [-0.2, 0) is 0 Å². The molecule has 2 unspecified atom stereocenters. The standard InChI is InChI=1S/C16H25F2NO/c1-4-5-6-9-19-15(11(2)3)16(20)12-7-8-13(17)14(18)10-12/h7-8,10-11,15-16,19-20H,4-6,9H2,1-3H3. The Balaban J connectivity index is 2.72. The maximum Gasteiger partial charge on any atom is 0.159 e. The Kier molecular flexibility index (Phi) is 7.10. The molecule has 0 fully saturated rings. The van der Waals surface area contributed by atoms with Gasteiger partial charge in [-0.15, -0.1) is 0 Å². The smallest absolute Gasteiger partial charge is 0.159 e. The monoisotopic (exact) mass is 285 g/mol. The zero-order chi connectivity index (χ0) is 15.1. The number of hydrogen-bond acceptors (Lipinski definition) is 2. The summed E-state index contributed by atoms with van der Waals surface area (Å²) < 4.78 is 26.2. The van der Waals surface area contributed by atoms with Crippen LogP contribution in [0.5, 0.6) is 0 Å². The van der Waals surface area contributed by atoms with Gasteiger partial charge in [-0.1, -0.05) is 39.7 Å². The van der Waals surface area contributed by atoms with Gasteiger partial charge in [-0.25, -0.2) is 8.78 Å². The molecular formula is C16H25F2NO. The Morgan fingerprint density at radius 3 is 2.40 bits per heavy atom. The van der Waals surface area contributed by atoms with Gasteiger partial charge in [0.05, 0.1) is 6.10 Å².